The molecule has 0 bridgehead atoms. The smallest absolute Gasteiger partial charge is 0.267 e. The largest absolute Gasteiger partial charge is 0.351 e. The molecule has 0 radical (unpaired) electrons. The maximum absolute atomic E-state index is 12.2. The molecule has 1 amide bonds. The molecule has 1 aliphatic carbocycles. The van der Waals surface area contributed by atoms with Gasteiger partial charge in [0.25, 0.3) is 5.91 Å². The van der Waals surface area contributed by atoms with E-state index in [9.17, 15) is 4.79 Å². The first-order valence-electron chi connectivity index (χ1n) is 6.92. The van der Waals surface area contributed by atoms with Crippen LogP contribution in [0.15, 0.2) is 30.3 Å². The molecule has 3 rings (SSSR count). The van der Waals surface area contributed by atoms with Crippen LogP contribution >= 0.6 is 0 Å². The zero-order valence-electron chi connectivity index (χ0n) is 11.5. The fraction of sp³-hybridized carbons (Fsp3) is 0.438. The van der Waals surface area contributed by atoms with Crippen molar-refractivity contribution in [2.45, 2.75) is 39.2 Å². The summed E-state index contributed by atoms with van der Waals surface area (Å²) >= 11 is 0. The quantitative estimate of drug-likeness (QED) is 0.849. The minimum absolute atomic E-state index is 0.0129. The highest BCUT2D eigenvalue weighted by atomic mass is 16.1. The first kappa shape index (κ1) is 12.3. The second kappa shape index (κ2) is 4.41. The zero-order chi connectivity index (χ0) is 13.5. The van der Waals surface area contributed by atoms with Crippen LogP contribution in [-0.4, -0.2) is 16.9 Å². The van der Waals surface area contributed by atoms with Crippen molar-refractivity contribution in [3.8, 4) is 0 Å². The number of benzene rings is 1. The fourth-order valence-electron chi connectivity index (χ4n) is 3.02. The lowest BCUT2D eigenvalue weighted by molar-refractivity contribution is 0.0932. The molecule has 1 heterocycles. The van der Waals surface area contributed by atoms with Crippen LogP contribution in [0.1, 0.15) is 43.6 Å². The van der Waals surface area contributed by atoms with Crippen molar-refractivity contribution in [2.24, 2.45) is 5.41 Å². The molecule has 2 N–H and O–H groups in total. The fourth-order valence-corrected chi connectivity index (χ4v) is 3.02. The number of H-pyrrole nitrogens is 1. The third-order valence-electron chi connectivity index (χ3n) is 4.08. The summed E-state index contributed by atoms with van der Waals surface area (Å²) in [5.41, 5.74) is 2.03. The molecule has 1 unspecified atom stereocenters. The molecule has 0 aliphatic heterocycles. The van der Waals surface area contributed by atoms with Crippen molar-refractivity contribution >= 4 is 16.8 Å². The van der Waals surface area contributed by atoms with Gasteiger partial charge in [-0.3, -0.25) is 4.79 Å². The number of rotatable bonds is 2. The number of carbonyl (C=O) groups is 1. The topological polar surface area (TPSA) is 44.9 Å². The summed E-state index contributed by atoms with van der Waals surface area (Å²) in [6.07, 6.45) is 3.34. The number of hydrogen-bond acceptors (Lipinski definition) is 1. The maximum atomic E-state index is 12.2. The first-order chi connectivity index (χ1) is 9.03. The van der Waals surface area contributed by atoms with Crippen LogP contribution < -0.4 is 5.32 Å². The number of aromatic amines is 1. The predicted octanol–water partition coefficient (Wildman–Crippen LogP) is 3.48. The molecule has 3 nitrogen and oxygen atoms in total. The second-order valence-corrected chi connectivity index (χ2v) is 6.35. The molecule has 3 heteroatoms. The Morgan fingerprint density at radius 3 is 2.84 bits per heavy atom. The zero-order valence-corrected chi connectivity index (χ0v) is 11.5. The van der Waals surface area contributed by atoms with Gasteiger partial charge in [-0.25, -0.2) is 0 Å². The van der Waals surface area contributed by atoms with E-state index < -0.39 is 0 Å². The Hall–Kier alpha value is -1.77. The Balaban J connectivity index is 1.74. The van der Waals surface area contributed by atoms with Gasteiger partial charge >= 0.3 is 0 Å². The molecule has 19 heavy (non-hydrogen) atoms. The van der Waals surface area contributed by atoms with E-state index in [0.29, 0.717) is 17.2 Å². The molecule has 1 fully saturated rings. The van der Waals surface area contributed by atoms with E-state index in [-0.39, 0.29) is 5.91 Å². The summed E-state index contributed by atoms with van der Waals surface area (Å²) < 4.78 is 0. The number of amides is 1. The van der Waals surface area contributed by atoms with Gasteiger partial charge < -0.3 is 10.3 Å². The molecule has 1 aromatic heterocycles. The number of hydrogen-bond donors (Lipinski definition) is 2. The molecule has 100 valence electrons. The third kappa shape index (κ3) is 2.50. The van der Waals surface area contributed by atoms with E-state index in [2.05, 4.69) is 24.1 Å². The average molecular weight is 256 g/mol. The minimum Gasteiger partial charge on any atom is -0.351 e. The lowest BCUT2D eigenvalue weighted by Gasteiger charge is -2.17. The first-order valence-corrected chi connectivity index (χ1v) is 6.92. The van der Waals surface area contributed by atoms with Gasteiger partial charge in [-0.1, -0.05) is 32.0 Å². The standard InChI is InChI=1S/C16H20N2O/c1-16(2)8-7-12(10-16)17-15(19)14-9-11-5-3-4-6-13(11)18-14/h3-6,9,12,18H,7-8,10H2,1-2H3,(H,17,19). The molecular weight excluding hydrogens is 236 g/mol. The summed E-state index contributed by atoms with van der Waals surface area (Å²) in [6.45, 7) is 4.53. The van der Waals surface area contributed by atoms with Crippen LogP contribution in [0.4, 0.5) is 0 Å². The highest BCUT2D eigenvalue weighted by Gasteiger charge is 2.31. The van der Waals surface area contributed by atoms with Crippen LogP contribution in [0.3, 0.4) is 0 Å². The monoisotopic (exact) mass is 256 g/mol. The molecule has 1 aliphatic rings. The van der Waals surface area contributed by atoms with E-state index >= 15 is 0 Å². The minimum atomic E-state index is 0.0129. The van der Waals surface area contributed by atoms with E-state index in [1.54, 1.807) is 0 Å². The van der Waals surface area contributed by atoms with Crippen molar-refractivity contribution in [3.05, 3.63) is 36.0 Å². The van der Waals surface area contributed by atoms with Crippen LogP contribution in [-0.2, 0) is 0 Å². The Morgan fingerprint density at radius 2 is 2.16 bits per heavy atom. The van der Waals surface area contributed by atoms with Gasteiger partial charge in [-0.05, 0) is 36.8 Å². The van der Waals surface area contributed by atoms with Crippen molar-refractivity contribution in [1.82, 2.24) is 10.3 Å². The van der Waals surface area contributed by atoms with Gasteiger partial charge in [0.05, 0.1) is 0 Å². The average Bonchev–Trinajstić information content (AvgIpc) is 2.92. The Labute approximate surface area is 113 Å². The normalized spacial score (nSPS) is 21.7. The number of para-hydroxylation sites is 1. The highest BCUT2D eigenvalue weighted by molar-refractivity contribution is 5.98. The molecule has 2 aromatic rings. The Kier molecular flexibility index (Phi) is 2.85. The summed E-state index contributed by atoms with van der Waals surface area (Å²) in [4.78, 5) is 15.4. The van der Waals surface area contributed by atoms with Gasteiger partial charge in [0.2, 0.25) is 0 Å². The van der Waals surface area contributed by atoms with Crippen LogP contribution in [0.5, 0.6) is 0 Å². The van der Waals surface area contributed by atoms with Gasteiger partial charge in [0.1, 0.15) is 5.69 Å². The van der Waals surface area contributed by atoms with Crippen LogP contribution in [0.2, 0.25) is 0 Å². The summed E-state index contributed by atoms with van der Waals surface area (Å²) in [7, 11) is 0. The van der Waals surface area contributed by atoms with E-state index in [1.165, 1.54) is 6.42 Å². The molecule has 0 spiro atoms. The van der Waals surface area contributed by atoms with Crippen molar-refractivity contribution in [3.63, 3.8) is 0 Å². The Bertz CT molecular complexity index is 579. The summed E-state index contributed by atoms with van der Waals surface area (Å²) in [5, 5.41) is 4.22. The highest BCUT2D eigenvalue weighted by Crippen LogP contribution is 2.36. The maximum Gasteiger partial charge on any atom is 0.267 e. The lowest BCUT2D eigenvalue weighted by Crippen LogP contribution is -2.33. The van der Waals surface area contributed by atoms with E-state index in [1.807, 2.05) is 30.3 Å². The SMILES string of the molecule is CC1(C)CCC(NC(=O)c2cc3ccccc3[nH]2)C1. The van der Waals surface area contributed by atoms with Gasteiger partial charge in [-0.15, -0.1) is 0 Å². The lowest BCUT2D eigenvalue weighted by atomic mass is 9.92. The van der Waals surface area contributed by atoms with Crippen molar-refractivity contribution in [1.29, 1.82) is 0 Å². The molecule has 1 atom stereocenters. The number of fused-ring (bicyclic) bond motifs is 1. The third-order valence-corrected chi connectivity index (χ3v) is 4.08. The molecule has 1 aromatic carbocycles. The van der Waals surface area contributed by atoms with Crippen molar-refractivity contribution < 1.29 is 4.79 Å². The summed E-state index contributed by atoms with van der Waals surface area (Å²) in [6, 6.07) is 10.2. The molecular formula is C16H20N2O. The van der Waals surface area contributed by atoms with Crippen LogP contribution in [0, 0.1) is 5.41 Å². The van der Waals surface area contributed by atoms with E-state index in [4.69, 9.17) is 0 Å². The van der Waals surface area contributed by atoms with Gasteiger partial charge in [0, 0.05) is 16.9 Å². The predicted molar refractivity (Wildman–Crippen MR) is 77.2 cm³/mol. The van der Waals surface area contributed by atoms with E-state index in [0.717, 1.165) is 23.7 Å². The van der Waals surface area contributed by atoms with Crippen LogP contribution in [0.25, 0.3) is 10.9 Å². The number of aromatic nitrogens is 1. The number of nitrogens with one attached hydrogen (secondary N) is 2. The van der Waals surface area contributed by atoms with Gasteiger partial charge in [-0.2, -0.15) is 0 Å². The number of carbonyl (C=O) groups excluding carboxylic acids is 1. The summed E-state index contributed by atoms with van der Waals surface area (Å²) in [5.74, 6) is 0.0129. The van der Waals surface area contributed by atoms with Crippen molar-refractivity contribution in [2.75, 3.05) is 0 Å². The Morgan fingerprint density at radius 1 is 1.37 bits per heavy atom. The molecule has 0 saturated heterocycles. The second-order valence-electron chi connectivity index (χ2n) is 6.35. The molecule has 1 saturated carbocycles. The van der Waals surface area contributed by atoms with Gasteiger partial charge in [0.15, 0.2) is 0 Å².